The molecule has 3 aromatic carbocycles. The minimum absolute atomic E-state index is 0.191. The Morgan fingerprint density at radius 2 is 1.81 bits per heavy atom. The van der Waals surface area contributed by atoms with E-state index < -0.39 is 0 Å². The SMILES string of the molecule is COc1ccc([C@H]2Oc3ccc(Cl)cc3C3=C2[C@H](c2ccccc2)n2ncnc2N3)cc1. The molecule has 0 amide bonds. The molecule has 0 fully saturated rings. The van der Waals surface area contributed by atoms with Crippen LogP contribution in [0.2, 0.25) is 5.02 Å². The van der Waals surface area contributed by atoms with Gasteiger partial charge in [0, 0.05) is 16.2 Å². The van der Waals surface area contributed by atoms with Crippen LogP contribution in [0, 0.1) is 0 Å². The summed E-state index contributed by atoms with van der Waals surface area (Å²) in [4.78, 5) is 4.46. The summed E-state index contributed by atoms with van der Waals surface area (Å²) in [5.74, 6) is 2.24. The lowest BCUT2D eigenvalue weighted by molar-refractivity contribution is 0.223. The summed E-state index contributed by atoms with van der Waals surface area (Å²) in [6.45, 7) is 0. The van der Waals surface area contributed by atoms with Crippen molar-refractivity contribution in [3.63, 3.8) is 0 Å². The molecular weight excluding hydrogens is 424 g/mol. The van der Waals surface area contributed by atoms with E-state index in [9.17, 15) is 0 Å². The molecule has 2 atom stereocenters. The van der Waals surface area contributed by atoms with Crippen molar-refractivity contribution in [2.45, 2.75) is 12.1 Å². The fourth-order valence-electron chi connectivity index (χ4n) is 4.45. The third-order valence-corrected chi connectivity index (χ3v) is 6.14. The van der Waals surface area contributed by atoms with Crippen molar-refractivity contribution in [2.24, 2.45) is 0 Å². The molecule has 0 saturated heterocycles. The van der Waals surface area contributed by atoms with Crippen LogP contribution >= 0.6 is 11.6 Å². The third kappa shape index (κ3) is 2.95. The van der Waals surface area contributed by atoms with E-state index in [0.717, 1.165) is 39.5 Å². The topological polar surface area (TPSA) is 61.2 Å². The summed E-state index contributed by atoms with van der Waals surface area (Å²) < 4.78 is 13.9. The Morgan fingerprint density at radius 1 is 1.00 bits per heavy atom. The van der Waals surface area contributed by atoms with Gasteiger partial charge in [0.05, 0.1) is 12.8 Å². The average molecular weight is 443 g/mol. The van der Waals surface area contributed by atoms with Crippen molar-refractivity contribution < 1.29 is 9.47 Å². The predicted molar refractivity (Wildman–Crippen MR) is 123 cm³/mol. The van der Waals surface area contributed by atoms with E-state index in [0.29, 0.717) is 11.0 Å². The monoisotopic (exact) mass is 442 g/mol. The largest absolute Gasteiger partial charge is 0.497 e. The van der Waals surface area contributed by atoms with Crippen LogP contribution in [-0.4, -0.2) is 21.9 Å². The summed E-state index contributed by atoms with van der Waals surface area (Å²) in [5.41, 5.74) is 5.02. The zero-order valence-electron chi connectivity index (χ0n) is 17.2. The maximum absolute atomic E-state index is 6.60. The second-order valence-corrected chi connectivity index (χ2v) is 8.14. The number of hydrogen-bond acceptors (Lipinski definition) is 5. The van der Waals surface area contributed by atoms with Crippen molar-refractivity contribution in [3.8, 4) is 11.5 Å². The molecule has 4 aromatic rings. The fraction of sp³-hybridized carbons (Fsp3) is 0.120. The van der Waals surface area contributed by atoms with Crippen molar-refractivity contribution in [1.29, 1.82) is 0 Å². The number of ether oxygens (including phenoxy) is 2. The Hall–Kier alpha value is -3.77. The van der Waals surface area contributed by atoms with Gasteiger partial charge in [0.15, 0.2) is 0 Å². The van der Waals surface area contributed by atoms with E-state index >= 15 is 0 Å². The molecule has 1 N–H and O–H groups in total. The van der Waals surface area contributed by atoms with E-state index in [1.54, 1.807) is 13.4 Å². The van der Waals surface area contributed by atoms with Gasteiger partial charge in [0.25, 0.3) is 0 Å². The number of rotatable bonds is 3. The standard InChI is InChI=1S/C25H19ClN4O2/c1-31-18-10-7-16(8-11-18)24-21-22(19-13-17(26)9-12-20(19)32-24)29-25-27-14-28-30(25)23(21)15-5-3-2-4-6-15/h2-14,23-24H,1H3,(H,27,28,29)/t23-,24+/m0/s1. The maximum Gasteiger partial charge on any atom is 0.226 e. The summed E-state index contributed by atoms with van der Waals surface area (Å²) in [7, 11) is 1.66. The lowest BCUT2D eigenvalue weighted by atomic mass is 9.84. The number of fused-ring (bicyclic) bond motifs is 3. The summed E-state index contributed by atoms with van der Waals surface area (Å²) >= 11 is 6.37. The number of methoxy groups -OCH3 is 1. The van der Waals surface area contributed by atoms with Gasteiger partial charge in [-0.05, 0) is 41.5 Å². The normalized spacial score (nSPS) is 18.7. The lowest BCUT2D eigenvalue weighted by Gasteiger charge is -2.39. The first kappa shape index (κ1) is 19.0. The van der Waals surface area contributed by atoms with E-state index in [1.807, 2.05) is 65.3 Å². The van der Waals surface area contributed by atoms with Crippen LogP contribution in [0.1, 0.15) is 28.8 Å². The Kier molecular flexibility index (Phi) is 4.40. The van der Waals surface area contributed by atoms with Crippen molar-refractivity contribution in [3.05, 3.63) is 106 Å². The Balaban J connectivity index is 1.61. The van der Waals surface area contributed by atoms with Gasteiger partial charge in [0.2, 0.25) is 5.95 Å². The number of nitrogens with one attached hydrogen (secondary N) is 1. The van der Waals surface area contributed by atoms with Crippen LogP contribution in [0.25, 0.3) is 5.70 Å². The first-order chi connectivity index (χ1) is 15.7. The molecule has 0 unspecified atom stereocenters. The van der Waals surface area contributed by atoms with Crippen LogP contribution in [0.15, 0.2) is 84.7 Å². The van der Waals surface area contributed by atoms with Gasteiger partial charge >= 0.3 is 0 Å². The highest BCUT2D eigenvalue weighted by atomic mass is 35.5. The molecule has 6 rings (SSSR count). The molecule has 6 nitrogen and oxygen atoms in total. The lowest BCUT2D eigenvalue weighted by Crippen LogP contribution is -2.32. The smallest absolute Gasteiger partial charge is 0.226 e. The van der Waals surface area contributed by atoms with Gasteiger partial charge in [-0.15, -0.1) is 0 Å². The molecule has 0 bridgehead atoms. The number of hydrogen-bond donors (Lipinski definition) is 1. The minimum atomic E-state index is -0.334. The predicted octanol–water partition coefficient (Wildman–Crippen LogP) is 5.50. The molecule has 7 heteroatoms. The van der Waals surface area contributed by atoms with E-state index in [-0.39, 0.29) is 12.1 Å². The highest BCUT2D eigenvalue weighted by molar-refractivity contribution is 6.30. The second-order valence-electron chi connectivity index (χ2n) is 7.71. The zero-order chi connectivity index (χ0) is 21.7. The number of aromatic nitrogens is 3. The number of nitrogens with zero attached hydrogens (tertiary/aromatic N) is 3. The fourth-order valence-corrected chi connectivity index (χ4v) is 4.62. The Labute approximate surface area is 190 Å². The molecule has 0 spiro atoms. The molecule has 2 aliphatic heterocycles. The maximum atomic E-state index is 6.60. The van der Waals surface area contributed by atoms with Crippen molar-refractivity contribution in [2.75, 3.05) is 12.4 Å². The molecule has 0 radical (unpaired) electrons. The molecule has 1 aromatic heterocycles. The van der Waals surface area contributed by atoms with E-state index in [1.165, 1.54) is 0 Å². The average Bonchev–Trinajstić information content (AvgIpc) is 3.31. The highest BCUT2D eigenvalue weighted by Crippen LogP contribution is 2.51. The molecule has 32 heavy (non-hydrogen) atoms. The second kappa shape index (κ2) is 7.43. The molecule has 3 heterocycles. The van der Waals surface area contributed by atoms with Gasteiger partial charge in [-0.1, -0.05) is 54.1 Å². The first-order valence-electron chi connectivity index (χ1n) is 10.3. The number of benzene rings is 3. The van der Waals surface area contributed by atoms with Crippen LogP contribution in [-0.2, 0) is 0 Å². The minimum Gasteiger partial charge on any atom is -0.497 e. The molecule has 0 saturated carbocycles. The Morgan fingerprint density at radius 3 is 2.59 bits per heavy atom. The van der Waals surface area contributed by atoms with Crippen LogP contribution in [0.3, 0.4) is 0 Å². The van der Waals surface area contributed by atoms with Gasteiger partial charge < -0.3 is 14.8 Å². The Bertz CT molecular complexity index is 1330. The van der Waals surface area contributed by atoms with Gasteiger partial charge in [-0.3, -0.25) is 0 Å². The number of halogens is 1. The molecule has 158 valence electrons. The van der Waals surface area contributed by atoms with Crippen LogP contribution < -0.4 is 14.8 Å². The van der Waals surface area contributed by atoms with E-state index in [4.69, 9.17) is 21.1 Å². The molecule has 0 aliphatic carbocycles. The van der Waals surface area contributed by atoms with Crippen molar-refractivity contribution >= 4 is 23.2 Å². The van der Waals surface area contributed by atoms with Crippen molar-refractivity contribution in [1.82, 2.24) is 14.8 Å². The summed E-state index contributed by atoms with van der Waals surface area (Å²) in [6.07, 6.45) is 1.23. The zero-order valence-corrected chi connectivity index (χ0v) is 18.0. The molecule has 2 aliphatic rings. The van der Waals surface area contributed by atoms with Gasteiger partial charge in [-0.2, -0.15) is 10.1 Å². The third-order valence-electron chi connectivity index (χ3n) is 5.91. The number of anilines is 1. The first-order valence-corrected chi connectivity index (χ1v) is 10.7. The van der Waals surface area contributed by atoms with Gasteiger partial charge in [-0.25, -0.2) is 4.68 Å². The summed E-state index contributed by atoms with van der Waals surface area (Å²) in [6, 6.07) is 23.7. The molecular formula is C25H19ClN4O2. The van der Waals surface area contributed by atoms with Gasteiger partial charge in [0.1, 0.15) is 30.0 Å². The highest BCUT2D eigenvalue weighted by Gasteiger charge is 2.40. The summed E-state index contributed by atoms with van der Waals surface area (Å²) in [5, 5.41) is 8.68. The van der Waals surface area contributed by atoms with Crippen LogP contribution in [0.5, 0.6) is 11.5 Å². The van der Waals surface area contributed by atoms with Crippen LogP contribution in [0.4, 0.5) is 5.95 Å². The van der Waals surface area contributed by atoms with E-state index in [2.05, 4.69) is 27.5 Å². The quantitative estimate of drug-likeness (QED) is 0.454.